The molecule has 1 heterocycles. The molecule has 0 unspecified atom stereocenters. The maximum absolute atomic E-state index is 12.0. The first-order valence-electron chi connectivity index (χ1n) is 7.82. The number of urea groups is 1. The number of imide groups is 1. The molecule has 0 spiro atoms. The molecule has 0 radical (unpaired) electrons. The zero-order chi connectivity index (χ0) is 16.2. The van der Waals surface area contributed by atoms with Gasteiger partial charge in [-0.1, -0.05) is 31.4 Å². The second kappa shape index (κ2) is 6.68. The minimum absolute atomic E-state index is 0.119. The first-order chi connectivity index (χ1) is 11.1. The van der Waals surface area contributed by atoms with Gasteiger partial charge in [0.1, 0.15) is 6.54 Å². The summed E-state index contributed by atoms with van der Waals surface area (Å²) < 4.78 is 6.26. The molecule has 3 amide bonds. The van der Waals surface area contributed by atoms with Crippen LogP contribution in [-0.4, -0.2) is 22.5 Å². The summed E-state index contributed by atoms with van der Waals surface area (Å²) >= 11 is 0. The summed E-state index contributed by atoms with van der Waals surface area (Å²) in [6, 6.07) is 6.45. The highest BCUT2D eigenvalue weighted by atomic mass is 16.4. The van der Waals surface area contributed by atoms with E-state index >= 15 is 0 Å². The first kappa shape index (κ1) is 15.3. The van der Waals surface area contributed by atoms with Crippen molar-refractivity contribution in [1.82, 2.24) is 15.2 Å². The fourth-order valence-electron chi connectivity index (χ4n) is 2.94. The van der Waals surface area contributed by atoms with Crippen molar-refractivity contribution in [2.24, 2.45) is 0 Å². The van der Waals surface area contributed by atoms with Gasteiger partial charge in [0.2, 0.25) is 5.91 Å². The van der Waals surface area contributed by atoms with Gasteiger partial charge in [-0.15, -0.1) is 0 Å². The van der Waals surface area contributed by atoms with E-state index in [2.05, 4.69) is 10.6 Å². The van der Waals surface area contributed by atoms with Crippen LogP contribution < -0.4 is 16.4 Å². The molecule has 0 aliphatic heterocycles. The lowest BCUT2D eigenvalue weighted by molar-refractivity contribution is -0.120. The van der Waals surface area contributed by atoms with E-state index in [0.29, 0.717) is 11.1 Å². The van der Waals surface area contributed by atoms with Gasteiger partial charge < -0.3 is 9.73 Å². The molecule has 23 heavy (non-hydrogen) atoms. The molecule has 1 aliphatic rings. The van der Waals surface area contributed by atoms with Crippen molar-refractivity contribution in [1.29, 1.82) is 0 Å². The maximum Gasteiger partial charge on any atom is 0.420 e. The highest BCUT2D eigenvalue weighted by Crippen LogP contribution is 2.17. The number of para-hydroxylation sites is 2. The predicted octanol–water partition coefficient (Wildman–Crippen LogP) is 1.75. The van der Waals surface area contributed by atoms with Crippen LogP contribution >= 0.6 is 0 Å². The van der Waals surface area contributed by atoms with E-state index in [-0.39, 0.29) is 12.6 Å². The summed E-state index contributed by atoms with van der Waals surface area (Å²) in [4.78, 5) is 35.6. The van der Waals surface area contributed by atoms with Gasteiger partial charge >= 0.3 is 11.8 Å². The molecule has 7 nitrogen and oxygen atoms in total. The summed E-state index contributed by atoms with van der Waals surface area (Å²) in [5.41, 5.74) is 0.942. The van der Waals surface area contributed by atoms with Crippen LogP contribution in [0.15, 0.2) is 33.5 Å². The number of nitrogens with one attached hydrogen (secondary N) is 2. The highest BCUT2D eigenvalue weighted by Gasteiger charge is 2.18. The van der Waals surface area contributed by atoms with Crippen LogP contribution in [-0.2, 0) is 11.3 Å². The van der Waals surface area contributed by atoms with Crippen molar-refractivity contribution < 1.29 is 14.0 Å². The number of benzene rings is 1. The van der Waals surface area contributed by atoms with E-state index in [1.54, 1.807) is 24.3 Å². The van der Waals surface area contributed by atoms with E-state index in [1.165, 1.54) is 11.0 Å². The van der Waals surface area contributed by atoms with Crippen LogP contribution in [0.4, 0.5) is 4.79 Å². The lowest BCUT2D eigenvalue weighted by Crippen LogP contribution is -2.46. The predicted molar refractivity (Wildman–Crippen MR) is 84.0 cm³/mol. The van der Waals surface area contributed by atoms with E-state index in [1.807, 2.05) is 0 Å². The summed E-state index contributed by atoms with van der Waals surface area (Å²) in [6.45, 7) is -0.256. The molecular formula is C16H19N3O4. The number of oxazole rings is 1. The van der Waals surface area contributed by atoms with Crippen molar-refractivity contribution in [2.45, 2.75) is 44.7 Å². The Hall–Kier alpha value is -2.57. The Balaban J connectivity index is 1.61. The summed E-state index contributed by atoms with van der Waals surface area (Å²) in [6.07, 6.45) is 5.25. The third-order valence-electron chi connectivity index (χ3n) is 4.07. The average molecular weight is 317 g/mol. The Bertz CT molecular complexity index is 771. The molecule has 3 rings (SSSR count). The largest absolute Gasteiger partial charge is 0.420 e. The molecule has 1 saturated carbocycles. The fraction of sp³-hybridized carbons (Fsp3) is 0.438. The summed E-state index contributed by atoms with van der Waals surface area (Å²) in [7, 11) is 0. The minimum Gasteiger partial charge on any atom is -0.408 e. The molecule has 122 valence electrons. The molecule has 2 aromatic rings. The third kappa shape index (κ3) is 3.61. The van der Waals surface area contributed by atoms with Gasteiger partial charge in [-0.3, -0.25) is 14.7 Å². The van der Waals surface area contributed by atoms with E-state index in [9.17, 15) is 14.4 Å². The van der Waals surface area contributed by atoms with Gasteiger partial charge in [-0.2, -0.15) is 0 Å². The second-order valence-corrected chi connectivity index (χ2v) is 5.78. The Morgan fingerprint density at radius 1 is 1.17 bits per heavy atom. The lowest BCUT2D eigenvalue weighted by Gasteiger charge is -2.22. The number of rotatable bonds is 3. The number of carbonyl (C=O) groups is 2. The number of carbonyl (C=O) groups excluding carboxylic acids is 2. The Labute approximate surface area is 132 Å². The Morgan fingerprint density at radius 3 is 2.70 bits per heavy atom. The van der Waals surface area contributed by atoms with Crippen LogP contribution in [0.2, 0.25) is 0 Å². The minimum atomic E-state index is -0.617. The maximum atomic E-state index is 12.0. The molecule has 1 fully saturated rings. The monoisotopic (exact) mass is 317 g/mol. The Kier molecular flexibility index (Phi) is 4.45. The molecule has 0 atom stereocenters. The lowest BCUT2D eigenvalue weighted by atomic mass is 9.96. The van der Waals surface area contributed by atoms with Gasteiger partial charge in [0, 0.05) is 6.04 Å². The van der Waals surface area contributed by atoms with Crippen LogP contribution in [0.5, 0.6) is 0 Å². The normalized spacial score (nSPS) is 15.5. The van der Waals surface area contributed by atoms with Gasteiger partial charge in [-0.25, -0.2) is 9.59 Å². The Morgan fingerprint density at radius 2 is 1.91 bits per heavy atom. The van der Waals surface area contributed by atoms with Crippen molar-refractivity contribution in [3.8, 4) is 0 Å². The summed E-state index contributed by atoms with van der Waals surface area (Å²) in [5, 5.41) is 5.07. The molecule has 7 heteroatoms. The molecule has 0 bridgehead atoms. The molecule has 2 N–H and O–H groups in total. The summed E-state index contributed by atoms with van der Waals surface area (Å²) in [5.74, 6) is -1.17. The number of fused-ring (bicyclic) bond motifs is 1. The van der Waals surface area contributed by atoms with Crippen molar-refractivity contribution in [3.63, 3.8) is 0 Å². The van der Waals surface area contributed by atoms with Gasteiger partial charge in [-0.05, 0) is 25.0 Å². The molecule has 0 saturated heterocycles. The zero-order valence-electron chi connectivity index (χ0n) is 12.7. The second-order valence-electron chi connectivity index (χ2n) is 5.78. The topological polar surface area (TPSA) is 93.3 Å². The van der Waals surface area contributed by atoms with E-state index in [4.69, 9.17) is 4.42 Å². The SMILES string of the molecule is O=C(Cn1c(=O)oc2ccccc21)NC(=O)NC1CCCCC1. The number of nitrogens with zero attached hydrogens (tertiary/aromatic N) is 1. The number of aromatic nitrogens is 1. The number of hydrogen-bond acceptors (Lipinski definition) is 4. The van der Waals surface area contributed by atoms with Crippen LogP contribution in [0.3, 0.4) is 0 Å². The first-order valence-corrected chi connectivity index (χ1v) is 7.82. The third-order valence-corrected chi connectivity index (χ3v) is 4.07. The van der Waals surface area contributed by atoms with E-state index in [0.717, 1.165) is 25.7 Å². The van der Waals surface area contributed by atoms with Crippen molar-refractivity contribution in [3.05, 3.63) is 34.8 Å². The van der Waals surface area contributed by atoms with Crippen LogP contribution in [0.1, 0.15) is 32.1 Å². The molecule has 1 aromatic heterocycles. The number of hydrogen-bond donors (Lipinski definition) is 2. The van der Waals surface area contributed by atoms with E-state index < -0.39 is 17.7 Å². The zero-order valence-corrected chi connectivity index (χ0v) is 12.7. The molecular weight excluding hydrogens is 298 g/mol. The molecule has 1 aliphatic carbocycles. The number of amides is 3. The van der Waals surface area contributed by atoms with Crippen molar-refractivity contribution >= 4 is 23.0 Å². The highest BCUT2D eigenvalue weighted by molar-refractivity contribution is 5.94. The standard InChI is InChI=1S/C16H19N3O4/c20-14(18-15(21)17-11-6-2-1-3-7-11)10-19-12-8-4-5-9-13(12)23-16(19)22/h4-5,8-9,11H,1-3,6-7,10H2,(H2,17,18,20,21). The van der Waals surface area contributed by atoms with Crippen LogP contribution in [0.25, 0.3) is 11.1 Å². The molecule has 1 aromatic carbocycles. The van der Waals surface area contributed by atoms with Gasteiger partial charge in [0.25, 0.3) is 0 Å². The van der Waals surface area contributed by atoms with Crippen LogP contribution in [0, 0.1) is 0 Å². The quantitative estimate of drug-likeness (QED) is 0.902. The van der Waals surface area contributed by atoms with Crippen molar-refractivity contribution in [2.75, 3.05) is 0 Å². The fourth-order valence-corrected chi connectivity index (χ4v) is 2.94. The van der Waals surface area contributed by atoms with Gasteiger partial charge in [0.15, 0.2) is 5.58 Å². The smallest absolute Gasteiger partial charge is 0.408 e. The van der Waals surface area contributed by atoms with Gasteiger partial charge in [0.05, 0.1) is 5.52 Å². The average Bonchev–Trinajstić information content (AvgIpc) is 2.84.